The second kappa shape index (κ2) is 4.15. The van der Waals surface area contributed by atoms with E-state index in [1.165, 1.54) is 19.3 Å². The second-order valence-corrected chi connectivity index (χ2v) is 6.82. The van der Waals surface area contributed by atoms with Crippen LogP contribution in [0.25, 0.3) is 0 Å². The average Bonchev–Trinajstić information content (AvgIpc) is 2.87. The Morgan fingerprint density at radius 3 is 2.94 bits per heavy atom. The summed E-state index contributed by atoms with van der Waals surface area (Å²) >= 11 is 0. The summed E-state index contributed by atoms with van der Waals surface area (Å²) in [6.07, 6.45) is 10.1. The minimum absolute atomic E-state index is 0.473. The van der Waals surface area contributed by atoms with Gasteiger partial charge in [-0.3, -0.25) is 9.53 Å². The van der Waals surface area contributed by atoms with Crippen LogP contribution in [0.4, 0.5) is 0 Å². The van der Waals surface area contributed by atoms with Crippen molar-refractivity contribution in [1.29, 1.82) is 0 Å². The van der Waals surface area contributed by atoms with Crippen molar-refractivity contribution < 1.29 is 4.21 Å². The molecular formula is C12H20N2OS. The number of nitrogens with zero attached hydrogens (tertiary/aromatic N) is 1. The lowest BCUT2D eigenvalue weighted by Crippen LogP contribution is -2.44. The maximum atomic E-state index is 11.8. The normalized spacial score (nSPS) is 43.9. The first kappa shape index (κ1) is 10.8. The van der Waals surface area contributed by atoms with E-state index >= 15 is 0 Å². The molecule has 5 unspecified atom stereocenters. The fourth-order valence-electron chi connectivity index (χ4n) is 3.88. The van der Waals surface area contributed by atoms with Crippen molar-refractivity contribution in [3.63, 3.8) is 0 Å². The van der Waals surface area contributed by atoms with Crippen LogP contribution in [0.3, 0.4) is 0 Å². The minimum Gasteiger partial charge on any atom is -0.362 e. The van der Waals surface area contributed by atoms with Crippen LogP contribution in [0.15, 0.2) is 12.3 Å². The van der Waals surface area contributed by atoms with Gasteiger partial charge in [0, 0.05) is 34.9 Å². The van der Waals surface area contributed by atoms with E-state index in [9.17, 15) is 4.21 Å². The molecule has 3 nitrogen and oxygen atoms in total. The highest BCUT2D eigenvalue weighted by Gasteiger charge is 2.51. The van der Waals surface area contributed by atoms with Crippen LogP contribution < -0.4 is 5.32 Å². The van der Waals surface area contributed by atoms with Crippen LogP contribution in [0.5, 0.6) is 0 Å². The number of hydrogen-bond acceptors (Lipinski definition) is 3. The number of nitrogens with one attached hydrogen (secondary N) is 1. The predicted molar refractivity (Wildman–Crippen MR) is 66.3 cm³/mol. The lowest BCUT2D eigenvalue weighted by atomic mass is 9.94. The van der Waals surface area contributed by atoms with Gasteiger partial charge >= 0.3 is 0 Å². The molecule has 0 aromatic rings. The molecule has 0 spiro atoms. The van der Waals surface area contributed by atoms with E-state index in [1.54, 1.807) is 0 Å². The third-order valence-corrected chi connectivity index (χ3v) is 5.96. The van der Waals surface area contributed by atoms with Crippen LogP contribution in [-0.2, 0) is 10.8 Å². The Morgan fingerprint density at radius 1 is 1.44 bits per heavy atom. The summed E-state index contributed by atoms with van der Waals surface area (Å²) in [5.74, 6) is 1.39. The highest BCUT2D eigenvalue weighted by atomic mass is 32.2. The van der Waals surface area contributed by atoms with E-state index in [1.807, 2.05) is 6.26 Å². The Kier molecular flexibility index (Phi) is 2.80. The zero-order valence-electron chi connectivity index (χ0n) is 9.76. The summed E-state index contributed by atoms with van der Waals surface area (Å²) in [6, 6.07) is 0.636. The van der Waals surface area contributed by atoms with Crippen LogP contribution in [-0.4, -0.2) is 39.9 Å². The molecule has 1 heterocycles. The summed E-state index contributed by atoms with van der Waals surface area (Å²) in [6.45, 7) is 1.95. The lowest BCUT2D eigenvalue weighted by molar-refractivity contribution is 0.184. The Morgan fingerprint density at radius 2 is 2.31 bits per heavy atom. The molecule has 16 heavy (non-hydrogen) atoms. The van der Waals surface area contributed by atoms with E-state index in [0.29, 0.717) is 17.2 Å². The molecule has 90 valence electrons. The molecule has 0 aromatic heterocycles. The molecule has 5 atom stereocenters. The first-order chi connectivity index (χ1) is 7.77. The molecular weight excluding hydrogens is 220 g/mol. The average molecular weight is 240 g/mol. The highest BCUT2D eigenvalue weighted by Crippen LogP contribution is 2.49. The maximum absolute atomic E-state index is 11.8. The fourth-order valence-corrected chi connectivity index (χ4v) is 5.48. The smallest absolute Gasteiger partial charge is 0.0682 e. The van der Waals surface area contributed by atoms with Crippen molar-refractivity contribution in [2.24, 2.45) is 11.8 Å². The maximum Gasteiger partial charge on any atom is 0.0682 e. The van der Waals surface area contributed by atoms with Crippen LogP contribution in [0, 0.1) is 11.8 Å². The van der Waals surface area contributed by atoms with E-state index in [2.05, 4.69) is 22.5 Å². The summed E-state index contributed by atoms with van der Waals surface area (Å²) in [5, 5.41) is 3.85. The summed E-state index contributed by atoms with van der Waals surface area (Å²) in [7, 11) is -0.635. The third kappa shape index (κ3) is 1.63. The lowest BCUT2D eigenvalue weighted by Gasteiger charge is -2.35. The summed E-state index contributed by atoms with van der Waals surface area (Å²) in [5.41, 5.74) is 0. The number of fused-ring (bicyclic) bond motifs is 2. The molecule has 1 N–H and O–H groups in total. The minimum atomic E-state index is -0.635. The topological polar surface area (TPSA) is 32.3 Å². The zero-order chi connectivity index (χ0) is 11.1. The van der Waals surface area contributed by atoms with Crippen LogP contribution in [0.1, 0.15) is 19.3 Å². The molecule has 2 aliphatic carbocycles. The van der Waals surface area contributed by atoms with Gasteiger partial charge in [0.2, 0.25) is 0 Å². The van der Waals surface area contributed by atoms with Crippen LogP contribution in [0.2, 0.25) is 0 Å². The predicted octanol–water partition coefficient (Wildman–Crippen LogP) is 0.908. The molecule has 2 saturated carbocycles. The molecule has 2 bridgehead atoms. The van der Waals surface area contributed by atoms with Crippen molar-refractivity contribution >= 4 is 10.8 Å². The van der Waals surface area contributed by atoms with E-state index < -0.39 is 10.8 Å². The molecule has 2 fully saturated rings. The van der Waals surface area contributed by atoms with Gasteiger partial charge in [-0.1, -0.05) is 6.08 Å². The molecule has 3 aliphatic rings. The third-order valence-electron chi connectivity index (χ3n) is 4.46. The Labute approximate surface area is 99.7 Å². The van der Waals surface area contributed by atoms with Gasteiger partial charge in [0.25, 0.3) is 0 Å². The Hall–Kier alpha value is -0.350. The molecule has 1 aliphatic heterocycles. The van der Waals surface area contributed by atoms with Crippen molar-refractivity contribution in [3.05, 3.63) is 12.3 Å². The van der Waals surface area contributed by atoms with Crippen molar-refractivity contribution in [3.8, 4) is 0 Å². The van der Waals surface area contributed by atoms with E-state index in [-0.39, 0.29) is 0 Å². The number of rotatable bonds is 2. The van der Waals surface area contributed by atoms with Crippen LogP contribution >= 0.6 is 0 Å². The van der Waals surface area contributed by atoms with Gasteiger partial charge in [-0.05, 0) is 37.3 Å². The van der Waals surface area contributed by atoms with Crippen molar-refractivity contribution in [1.82, 2.24) is 10.2 Å². The molecule has 3 rings (SSSR count). The van der Waals surface area contributed by atoms with Crippen molar-refractivity contribution in [2.45, 2.75) is 30.6 Å². The zero-order valence-corrected chi connectivity index (χ0v) is 10.6. The van der Waals surface area contributed by atoms with Gasteiger partial charge in [0.1, 0.15) is 0 Å². The van der Waals surface area contributed by atoms with Gasteiger partial charge in [-0.25, -0.2) is 0 Å². The van der Waals surface area contributed by atoms with Gasteiger partial charge in [-0.15, -0.1) is 0 Å². The quantitative estimate of drug-likeness (QED) is 0.778. The van der Waals surface area contributed by atoms with Gasteiger partial charge in [0.05, 0.1) is 6.67 Å². The van der Waals surface area contributed by atoms with Gasteiger partial charge in [0.15, 0.2) is 0 Å². The monoisotopic (exact) mass is 240 g/mol. The first-order valence-corrected chi connectivity index (χ1v) is 7.85. The van der Waals surface area contributed by atoms with Crippen molar-refractivity contribution in [2.75, 3.05) is 19.5 Å². The SMILES string of the molecule is CS(=O)C1C2CCC1C(N1C=CCNC1)C2. The summed E-state index contributed by atoms with van der Waals surface area (Å²) < 4.78 is 11.8. The highest BCUT2D eigenvalue weighted by molar-refractivity contribution is 7.85. The molecule has 0 radical (unpaired) electrons. The van der Waals surface area contributed by atoms with Gasteiger partial charge in [-0.2, -0.15) is 0 Å². The molecule has 0 saturated heterocycles. The van der Waals surface area contributed by atoms with E-state index in [4.69, 9.17) is 0 Å². The summed E-state index contributed by atoms with van der Waals surface area (Å²) in [4.78, 5) is 2.42. The standard InChI is InChI=1S/C12H20N2OS/c1-16(15)12-9-3-4-10(12)11(7-9)14-6-2-5-13-8-14/h2,6,9-13H,3-5,7-8H2,1H3. The largest absolute Gasteiger partial charge is 0.362 e. The second-order valence-electron chi connectivity index (χ2n) is 5.28. The Balaban J connectivity index is 1.77. The van der Waals surface area contributed by atoms with Gasteiger partial charge < -0.3 is 4.90 Å². The Bertz CT molecular complexity index is 331. The number of hydrogen-bond donors (Lipinski definition) is 1. The van der Waals surface area contributed by atoms with E-state index in [0.717, 1.165) is 19.1 Å². The fraction of sp³-hybridized carbons (Fsp3) is 0.833. The first-order valence-electron chi connectivity index (χ1n) is 6.22. The molecule has 4 heteroatoms. The molecule has 0 amide bonds. The molecule has 0 aromatic carbocycles.